The van der Waals surface area contributed by atoms with E-state index in [1.165, 1.54) is 31.4 Å². The largest absolute Gasteiger partial charge is 0.424 e. The summed E-state index contributed by atoms with van der Waals surface area (Å²) in [4.78, 5) is 0. The standard InChI is InChI=1S/C11H18N2OS/c1-2-10-12-13-11(14-10)8-15-7-9-5-3-4-6-9/h9H,2-8H2,1H3. The maximum absolute atomic E-state index is 5.45. The van der Waals surface area contributed by atoms with E-state index >= 15 is 0 Å². The van der Waals surface area contributed by atoms with Crippen LogP contribution in [0, 0.1) is 5.92 Å². The third-order valence-electron chi connectivity index (χ3n) is 2.86. The Kier molecular flexibility index (Phi) is 4.06. The first-order chi connectivity index (χ1) is 7.38. The molecule has 15 heavy (non-hydrogen) atoms. The average molecular weight is 226 g/mol. The molecule has 1 fully saturated rings. The van der Waals surface area contributed by atoms with Crippen LogP contribution in [0.5, 0.6) is 0 Å². The third kappa shape index (κ3) is 3.23. The van der Waals surface area contributed by atoms with Crippen molar-refractivity contribution in [3.05, 3.63) is 11.8 Å². The van der Waals surface area contributed by atoms with Gasteiger partial charge < -0.3 is 4.42 Å². The molecule has 0 atom stereocenters. The zero-order chi connectivity index (χ0) is 10.5. The molecule has 1 aliphatic carbocycles. The fourth-order valence-corrected chi connectivity index (χ4v) is 3.06. The molecule has 1 aliphatic rings. The van der Waals surface area contributed by atoms with Gasteiger partial charge in [0.15, 0.2) is 0 Å². The van der Waals surface area contributed by atoms with Gasteiger partial charge in [-0.3, -0.25) is 0 Å². The van der Waals surface area contributed by atoms with Gasteiger partial charge in [0.05, 0.1) is 5.75 Å². The predicted molar refractivity (Wildman–Crippen MR) is 61.8 cm³/mol. The molecule has 3 nitrogen and oxygen atoms in total. The highest BCUT2D eigenvalue weighted by Gasteiger charge is 2.15. The van der Waals surface area contributed by atoms with E-state index in [1.54, 1.807) is 0 Å². The fourth-order valence-electron chi connectivity index (χ4n) is 1.98. The van der Waals surface area contributed by atoms with E-state index in [0.29, 0.717) is 0 Å². The Bertz CT molecular complexity index is 295. The van der Waals surface area contributed by atoms with E-state index in [0.717, 1.165) is 29.9 Å². The van der Waals surface area contributed by atoms with E-state index in [1.807, 2.05) is 18.7 Å². The molecule has 0 radical (unpaired) electrons. The fraction of sp³-hybridized carbons (Fsp3) is 0.818. The van der Waals surface area contributed by atoms with Crippen LogP contribution in [-0.4, -0.2) is 16.0 Å². The third-order valence-corrected chi connectivity index (χ3v) is 4.02. The smallest absolute Gasteiger partial charge is 0.226 e. The number of thioether (sulfide) groups is 1. The molecule has 84 valence electrons. The summed E-state index contributed by atoms with van der Waals surface area (Å²) in [6, 6.07) is 0. The number of hydrogen-bond donors (Lipinski definition) is 0. The van der Waals surface area contributed by atoms with E-state index in [-0.39, 0.29) is 0 Å². The zero-order valence-electron chi connectivity index (χ0n) is 9.24. The van der Waals surface area contributed by atoms with Crippen LogP contribution in [0.15, 0.2) is 4.42 Å². The first-order valence-electron chi connectivity index (χ1n) is 5.77. The minimum Gasteiger partial charge on any atom is -0.424 e. The van der Waals surface area contributed by atoms with Crippen LogP contribution in [0.3, 0.4) is 0 Å². The van der Waals surface area contributed by atoms with Gasteiger partial charge in [0.25, 0.3) is 0 Å². The Morgan fingerprint density at radius 3 is 2.67 bits per heavy atom. The van der Waals surface area contributed by atoms with Crippen LogP contribution in [0.1, 0.15) is 44.4 Å². The first-order valence-corrected chi connectivity index (χ1v) is 6.93. The molecule has 0 aliphatic heterocycles. The summed E-state index contributed by atoms with van der Waals surface area (Å²) >= 11 is 1.93. The summed E-state index contributed by atoms with van der Waals surface area (Å²) in [5, 5.41) is 7.97. The van der Waals surface area contributed by atoms with Gasteiger partial charge in [0, 0.05) is 6.42 Å². The number of aryl methyl sites for hydroxylation is 1. The van der Waals surface area contributed by atoms with Crippen molar-refractivity contribution in [3.8, 4) is 0 Å². The quantitative estimate of drug-likeness (QED) is 0.773. The van der Waals surface area contributed by atoms with Crippen molar-refractivity contribution in [3.63, 3.8) is 0 Å². The molecular formula is C11H18N2OS. The molecule has 1 saturated carbocycles. The summed E-state index contributed by atoms with van der Waals surface area (Å²) in [7, 11) is 0. The number of hydrogen-bond acceptors (Lipinski definition) is 4. The molecule has 0 N–H and O–H groups in total. The summed E-state index contributed by atoms with van der Waals surface area (Å²) in [5.74, 6) is 4.61. The Hall–Kier alpha value is -0.510. The van der Waals surface area contributed by atoms with Crippen LogP contribution in [0.4, 0.5) is 0 Å². The molecular weight excluding hydrogens is 208 g/mol. The molecule has 0 saturated heterocycles. The molecule has 0 amide bonds. The highest BCUT2D eigenvalue weighted by molar-refractivity contribution is 7.98. The van der Waals surface area contributed by atoms with Crippen molar-refractivity contribution in [2.75, 3.05) is 5.75 Å². The van der Waals surface area contributed by atoms with Crippen LogP contribution < -0.4 is 0 Å². The molecule has 1 aromatic heterocycles. The molecule has 1 heterocycles. The maximum atomic E-state index is 5.45. The number of aromatic nitrogens is 2. The van der Waals surface area contributed by atoms with Gasteiger partial charge in [0.2, 0.25) is 11.8 Å². The molecule has 0 aromatic carbocycles. The normalized spacial score (nSPS) is 17.4. The number of rotatable bonds is 5. The molecule has 2 rings (SSSR count). The van der Waals surface area contributed by atoms with Crippen LogP contribution >= 0.6 is 11.8 Å². The molecule has 1 aromatic rings. The highest BCUT2D eigenvalue weighted by atomic mass is 32.2. The van der Waals surface area contributed by atoms with E-state index < -0.39 is 0 Å². The van der Waals surface area contributed by atoms with Crippen molar-refractivity contribution in [1.29, 1.82) is 0 Å². The molecule has 0 spiro atoms. The average Bonchev–Trinajstić information content (AvgIpc) is 2.88. The second-order valence-corrected chi connectivity index (χ2v) is 5.14. The van der Waals surface area contributed by atoms with Crippen molar-refractivity contribution < 1.29 is 4.42 Å². The van der Waals surface area contributed by atoms with Gasteiger partial charge in [0.1, 0.15) is 0 Å². The van der Waals surface area contributed by atoms with E-state index in [2.05, 4.69) is 10.2 Å². The monoisotopic (exact) mass is 226 g/mol. The van der Waals surface area contributed by atoms with Crippen LogP contribution in [-0.2, 0) is 12.2 Å². The lowest BCUT2D eigenvalue weighted by atomic mass is 10.1. The topological polar surface area (TPSA) is 38.9 Å². The SMILES string of the molecule is CCc1nnc(CSCC2CCCC2)o1. The Morgan fingerprint density at radius 2 is 2.00 bits per heavy atom. The van der Waals surface area contributed by atoms with Gasteiger partial charge in [-0.2, -0.15) is 11.8 Å². The zero-order valence-corrected chi connectivity index (χ0v) is 10.1. The van der Waals surface area contributed by atoms with Crippen LogP contribution in [0.25, 0.3) is 0 Å². The minimum absolute atomic E-state index is 0.756. The lowest BCUT2D eigenvalue weighted by molar-refractivity contribution is 0.469. The minimum atomic E-state index is 0.756. The summed E-state index contributed by atoms with van der Waals surface area (Å²) in [6.45, 7) is 2.03. The summed E-state index contributed by atoms with van der Waals surface area (Å²) in [6.07, 6.45) is 6.51. The lowest BCUT2D eigenvalue weighted by Gasteiger charge is -2.05. The van der Waals surface area contributed by atoms with Gasteiger partial charge in [-0.15, -0.1) is 10.2 Å². The Labute approximate surface area is 95.0 Å². The van der Waals surface area contributed by atoms with Crippen molar-refractivity contribution >= 4 is 11.8 Å². The van der Waals surface area contributed by atoms with Gasteiger partial charge in [-0.1, -0.05) is 19.8 Å². The van der Waals surface area contributed by atoms with Crippen molar-refractivity contribution in [1.82, 2.24) is 10.2 Å². The molecule has 0 unspecified atom stereocenters. The first kappa shape index (κ1) is 11.0. The Balaban J connectivity index is 1.68. The van der Waals surface area contributed by atoms with Crippen molar-refractivity contribution in [2.24, 2.45) is 5.92 Å². The highest BCUT2D eigenvalue weighted by Crippen LogP contribution is 2.28. The summed E-state index contributed by atoms with van der Waals surface area (Å²) in [5.41, 5.74) is 0. The maximum Gasteiger partial charge on any atom is 0.226 e. The van der Waals surface area contributed by atoms with Gasteiger partial charge >= 0.3 is 0 Å². The van der Waals surface area contributed by atoms with Crippen molar-refractivity contribution in [2.45, 2.75) is 44.8 Å². The predicted octanol–water partition coefficient (Wildman–Crippen LogP) is 3.06. The molecule has 0 bridgehead atoms. The second-order valence-electron chi connectivity index (χ2n) is 4.11. The van der Waals surface area contributed by atoms with E-state index in [9.17, 15) is 0 Å². The van der Waals surface area contributed by atoms with Crippen LogP contribution in [0.2, 0.25) is 0 Å². The van der Waals surface area contributed by atoms with Gasteiger partial charge in [-0.05, 0) is 24.5 Å². The Morgan fingerprint density at radius 1 is 1.27 bits per heavy atom. The van der Waals surface area contributed by atoms with E-state index in [4.69, 9.17) is 4.42 Å². The summed E-state index contributed by atoms with van der Waals surface area (Å²) < 4.78 is 5.45. The second kappa shape index (κ2) is 5.54. The molecule has 4 heteroatoms. The lowest BCUT2D eigenvalue weighted by Crippen LogP contribution is -1.97. The number of nitrogens with zero attached hydrogens (tertiary/aromatic N) is 2. The van der Waals surface area contributed by atoms with Gasteiger partial charge in [-0.25, -0.2) is 0 Å².